The average molecular weight is 243 g/mol. The smallest absolute Gasteiger partial charge is 0.145 e. The van der Waals surface area contributed by atoms with E-state index in [0.717, 1.165) is 5.57 Å². The van der Waals surface area contributed by atoms with Crippen molar-refractivity contribution in [1.82, 2.24) is 5.43 Å². The molecule has 1 aromatic carbocycles. The predicted molar refractivity (Wildman–Crippen MR) is 65.7 cm³/mol. The molecule has 0 saturated carbocycles. The van der Waals surface area contributed by atoms with E-state index in [1.54, 1.807) is 12.1 Å². The number of halogens is 2. The van der Waals surface area contributed by atoms with Crippen LogP contribution >= 0.6 is 11.6 Å². The van der Waals surface area contributed by atoms with Crippen molar-refractivity contribution in [3.63, 3.8) is 0 Å². The largest absolute Gasteiger partial charge is 0.271 e. The highest BCUT2D eigenvalue weighted by Gasteiger charge is 2.12. The summed E-state index contributed by atoms with van der Waals surface area (Å²) >= 11 is 5.70. The third-order valence-corrected chi connectivity index (χ3v) is 2.62. The summed E-state index contributed by atoms with van der Waals surface area (Å²) in [6.45, 7) is 5.72. The maximum Gasteiger partial charge on any atom is 0.145 e. The van der Waals surface area contributed by atoms with Crippen LogP contribution in [-0.4, -0.2) is 6.04 Å². The topological polar surface area (TPSA) is 38.0 Å². The van der Waals surface area contributed by atoms with Crippen LogP contribution < -0.4 is 11.3 Å². The molecule has 16 heavy (non-hydrogen) atoms. The van der Waals surface area contributed by atoms with E-state index in [1.807, 2.05) is 6.92 Å². The van der Waals surface area contributed by atoms with Gasteiger partial charge < -0.3 is 0 Å². The molecule has 1 atom stereocenters. The summed E-state index contributed by atoms with van der Waals surface area (Å²) in [6.07, 6.45) is 1.21. The molecule has 0 aliphatic rings. The van der Waals surface area contributed by atoms with Gasteiger partial charge in [0.2, 0.25) is 0 Å². The van der Waals surface area contributed by atoms with Crippen molar-refractivity contribution in [2.75, 3.05) is 0 Å². The summed E-state index contributed by atoms with van der Waals surface area (Å²) in [5, 5.41) is 0.142. The summed E-state index contributed by atoms with van der Waals surface area (Å²) in [5.74, 6) is 5.04. The molecule has 0 aliphatic heterocycles. The van der Waals surface area contributed by atoms with Crippen LogP contribution in [0.4, 0.5) is 4.39 Å². The van der Waals surface area contributed by atoms with E-state index in [0.29, 0.717) is 18.4 Å². The SMILES string of the molecule is C=C(C)CC(Cc1cccc(Cl)c1F)NN. The van der Waals surface area contributed by atoms with E-state index < -0.39 is 0 Å². The normalized spacial score (nSPS) is 12.5. The van der Waals surface area contributed by atoms with Crippen molar-refractivity contribution < 1.29 is 4.39 Å². The Morgan fingerprint density at radius 3 is 2.88 bits per heavy atom. The number of rotatable bonds is 5. The molecule has 0 radical (unpaired) electrons. The standard InChI is InChI=1S/C12H16ClFN2/c1-8(2)6-10(16-15)7-9-4-3-5-11(13)12(9)14/h3-5,10,16H,1,6-7,15H2,2H3. The highest BCUT2D eigenvalue weighted by atomic mass is 35.5. The molecule has 0 spiro atoms. The van der Waals surface area contributed by atoms with Gasteiger partial charge >= 0.3 is 0 Å². The summed E-state index contributed by atoms with van der Waals surface area (Å²) in [6, 6.07) is 4.95. The number of hydrazine groups is 1. The second-order valence-corrected chi connectivity index (χ2v) is 4.35. The number of nitrogens with two attached hydrogens (primary N) is 1. The van der Waals surface area contributed by atoms with Crippen LogP contribution in [0.2, 0.25) is 5.02 Å². The fourth-order valence-corrected chi connectivity index (χ4v) is 1.78. The number of hydrogen-bond acceptors (Lipinski definition) is 2. The van der Waals surface area contributed by atoms with Crippen molar-refractivity contribution in [1.29, 1.82) is 0 Å². The maximum atomic E-state index is 13.6. The quantitative estimate of drug-likeness (QED) is 0.473. The second kappa shape index (κ2) is 5.99. The summed E-state index contributed by atoms with van der Waals surface area (Å²) in [4.78, 5) is 0. The fourth-order valence-electron chi connectivity index (χ4n) is 1.58. The Morgan fingerprint density at radius 2 is 2.31 bits per heavy atom. The minimum Gasteiger partial charge on any atom is -0.271 e. The molecule has 4 heteroatoms. The van der Waals surface area contributed by atoms with E-state index in [-0.39, 0.29) is 16.9 Å². The van der Waals surface area contributed by atoms with Crippen molar-refractivity contribution >= 4 is 11.6 Å². The van der Waals surface area contributed by atoms with Crippen LogP contribution in [0.3, 0.4) is 0 Å². The lowest BCUT2D eigenvalue weighted by molar-refractivity contribution is 0.505. The Balaban J connectivity index is 2.77. The van der Waals surface area contributed by atoms with Gasteiger partial charge in [-0.25, -0.2) is 4.39 Å². The Morgan fingerprint density at radius 1 is 1.62 bits per heavy atom. The molecule has 0 aromatic heterocycles. The first-order chi connectivity index (χ1) is 7.54. The Labute approximate surface area is 100 Å². The van der Waals surface area contributed by atoms with Gasteiger partial charge in [0.25, 0.3) is 0 Å². The fraction of sp³-hybridized carbons (Fsp3) is 0.333. The van der Waals surface area contributed by atoms with E-state index in [2.05, 4.69) is 12.0 Å². The predicted octanol–water partition coefficient (Wildman–Crippen LogP) is 2.82. The third kappa shape index (κ3) is 3.59. The van der Waals surface area contributed by atoms with Gasteiger partial charge in [0.15, 0.2) is 0 Å². The zero-order valence-electron chi connectivity index (χ0n) is 9.26. The lowest BCUT2D eigenvalue weighted by Crippen LogP contribution is -2.37. The molecule has 0 fully saturated rings. The molecule has 2 nitrogen and oxygen atoms in total. The van der Waals surface area contributed by atoms with Crippen LogP contribution in [0.15, 0.2) is 30.4 Å². The van der Waals surface area contributed by atoms with E-state index >= 15 is 0 Å². The van der Waals surface area contributed by atoms with Crippen molar-refractivity contribution in [3.8, 4) is 0 Å². The van der Waals surface area contributed by atoms with Gasteiger partial charge in [-0.15, -0.1) is 6.58 Å². The van der Waals surface area contributed by atoms with Gasteiger partial charge in [0.1, 0.15) is 5.82 Å². The molecule has 0 heterocycles. The molecule has 0 saturated heterocycles. The molecule has 3 N–H and O–H groups in total. The minimum absolute atomic E-state index is 0.0227. The van der Waals surface area contributed by atoms with Gasteiger partial charge in [-0.05, 0) is 31.4 Å². The first-order valence-electron chi connectivity index (χ1n) is 5.08. The zero-order chi connectivity index (χ0) is 12.1. The molecule has 1 unspecified atom stereocenters. The number of nitrogens with one attached hydrogen (secondary N) is 1. The van der Waals surface area contributed by atoms with Gasteiger partial charge in [0, 0.05) is 6.04 Å². The Hall–Kier alpha value is -0.900. The summed E-state index contributed by atoms with van der Waals surface area (Å²) in [5.41, 5.74) is 4.23. The molecule has 1 rings (SSSR count). The third-order valence-electron chi connectivity index (χ3n) is 2.33. The Kier molecular flexibility index (Phi) is 4.93. The number of hydrogen-bond donors (Lipinski definition) is 2. The Bertz CT molecular complexity index is 379. The van der Waals surface area contributed by atoms with Crippen LogP contribution in [-0.2, 0) is 6.42 Å². The van der Waals surface area contributed by atoms with Gasteiger partial charge in [-0.1, -0.05) is 29.3 Å². The van der Waals surface area contributed by atoms with Crippen molar-refractivity contribution in [2.45, 2.75) is 25.8 Å². The molecule has 0 aliphatic carbocycles. The molecular weight excluding hydrogens is 227 g/mol. The second-order valence-electron chi connectivity index (χ2n) is 3.94. The molecule has 0 amide bonds. The molecule has 1 aromatic rings. The van der Waals surface area contributed by atoms with Crippen molar-refractivity contribution in [3.05, 3.63) is 46.8 Å². The average Bonchev–Trinajstić information content (AvgIpc) is 2.23. The number of benzene rings is 1. The van der Waals surface area contributed by atoms with E-state index in [1.165, 1.54) is 6.07 Å². The first-order valence-corrected chi connectivity index (χ1v) is 5.45. The van der Waals surface area contributed by atoms with Gasteiger partial charge in [-0.3, -0.25) is 11.3 Å². The van der Waals surface area contributed by atoms with Crippen molar-refractivity contribution in [2.24, 2.45) is 5.84 Å². The summed E-state index contributed by atoms with van der Waals surface area (Å²) in [7, 11) is 0. The highest BCUT2D eigenvalue weighted by Crippen LogP contribution is 2.20. The first kappa shape index (κ1) is 13.2. The molecule has 0 bridgehead atoms. The maximum absolute atomic E-state index is 13.6. The monoisotopic (exact) mass is 242 g/mol. The lowest BCUT2D eigenvalue weighted by Gasteiger charge is -2.16. The lowest BCUT2D eigenvalue weighted by atomic mass is 10.0. The summed E-state index contributed by atoms with van der Waals surface area (Å²) < 4.78 is 13.6. The minimum atomic E-state index is -0.369. The van der Waals surface area contributed by atoms with Crippen LogP contribution in [0.5, 0.6) is 0 Å². The zero-order valence-corrected chi connectivity index (χ0v) is 10.0. The van der Waals surface area contributed by atoms with Crippen LogP contribution in [0.25, 0.3) is 0 Å². The highest BCUT2D eigenvalue weighted by molar-refractivity contribution is 6.30. The molecule has 88 valence electrons. The van der Waals surface area contributed by atoms with E-state index in [9.17, 15) is 4.39 Å². The van der Waals surface area contributed by atoms with Gasteiger partial charge in [0.05, 0.1) is 5.02 Å². The molecular formula is C12H16ClFN2. The van der Waals surface area contributed by atoms with Crippen LogP contribution in [0.1, 0.15) is 18.9 Å². The van der Waals surface area contributed by atoms with Gasteiger partial charge in [-0.2, -0.15) is 0 Å². The van der Waals surface area contributed by atoms with Crippen LogP contribution in [0, 0.1) is 5.82 Å². The van der Waals surface area contributed by atoms with E-state index in [4.69, 9.17) is 17.4 Å².